The minimum Gasteiger partial charge on any atom is -0.336 e. The lowest BCUT2D eigenvalue weighted by molar-refractivity contribution is 0.611. The van der Waals surface area contributed by atoms with Crippen LogP contribution in [0.2, 0.25) is 0 Å². The Bertz CT molecular complexity index is 725. The molecule has 2 heterocycles. The molecule has 0 aliphatic heterocycles. The van der Waals surface area contributed by atoms with Gasteiger partial charge < -0.3 is 9.88 Å². The Morgan fingerprint density at radius 2 is 2.10 bits per heavy atom. The lowest BCUT2D eigenvalue weighted by Crippen LogP contribution is -2.18. The van der Waals surface area contributed by atoms with Crippen LogP contribution >= 0.6 is 0 Å². The van der Waals surface area contributed by atoms with Crippen LogP contribution in [-0.2, 0) is 20.1 Å². The van der Waals surface area contributed by atoms with E-state index in [9.17, 15) is 0 Å². The number of aryl methyl sites for hydroxylation is 1. The van der Waals surface area contributed by atoms with E-state index in [4.69, 9.17) is 0 Å². The summed E-state index contributed by atoms with van der Waals surface area (Å²) in [5, 5.41) is 8.91. The molecule has 0 spiro atoms. The molecule has 0 amide bonds. The monoisotopic (exact) mass is 283 g/mol. The van der Waals surface area contributed by atoms with Gasteiger partial charge in [0.05, 0.1) is 6.54 Å². The predicted molar refractivity (Wildman–Crippen MR) is 84.0 cm³/mol. The molecule has 110 valence electrons. The third-order valence-corrected chi connectivity index (χ3v) is 3.73. The van der Waals surface area contributed by atoms with Crippen molar-refractivity contribution in [2.75, 3.05) is 6.54 Å². The van der Waals surface area contributed by atoms with Gasteiger partial charge in [0.15, 0.2) is 0 Å². The molecule has 1 aromatic carbocycles. The van der Waals surface area contributed by atoms with Crippen LogP contribution in [0.1, 0.15) is 24.9 Å². The van der Waals surface area contributed by atoms with E-state index in [2.05, 4.69) is 57.2 Å². The van der Waals surface area contributed by atoms with E-state index in [1.165, 1.54) is 16.6 Å². The van der Waals surface area contributed by atoms with Crippen molar-refractivity contribution in [3.63, 3.8) is 0 Å². The van der Waals surface area contributed by atoms with E-state index < -0.39 is 0 Å². The van der Waals surface area contributed by atoms with Crippen molar-refractivity contribution in [2.45, 2.75) is 26.4 Å². The summed E-state index contributed by atoms with van der Waals surface area (Å²) in [7, 11) is 1.93. The zero-order valence-corrected chi connectivity index (χ0v) is 12.6. The third kappa shape index (κ3) is 2.83. The summed E-state index contributed by atoms with van der Waals surface area (Å²) >= 11 is 0. The van der Waals surface area contributed by atoms with Crippen molar-refractivity contribution in [1.29, 1.82) is 0 Å². The molecule has 0 saturated heterocycles. The standard InChI is InChI=1S/C16H21N5/c1-3-8-17-10-14-9-13-6-4-5-7-15(13)21(14)11-16-18-12-19-20(16)2/h4-7,9,12,17H,3,8,10-11H2,1-2H3. The maximum atomic E-state index is 4.35. The Hall–Kier alpha value is -2.14. The van der Waals surface area contributed by atoms with E-state index in [1.54, 1.807) is 6.33 Å². The second-order valence-electron chi connectivity index (χ2n) is 5.26. The zero-order valence-electron chi connectivity index (χ0n) is 12.6. The van der Waals surface area contributed by atoms with E-state index in [-0.39, 0.29) is 0 Å². The van der Waals surface area contributed by atoms with Crippen molar-refractivity contribution in [1.82, 2.24) is 24.6 Å². The van der Waals surface area contributed by atoms with Gasteiger partial charge in [-0.15, -0.1) is 0 Å². The van der Waals surface area contributed by atoms with E-state index in [0.717, 1.165) is 31.9 Å². The topological polar surface area (TPSA) is 47.7 Å². The number of hydrogen-bond donors (Lipinski definition) is 1. The first kappa shape index (κ1) is 13.8. The number of nitrogens with zero attached hydrogens (tertiary/aromatic N) is 4. The molecule has 5 heteroatoms. The van der Waals surface area contributed by atoms with Crippen molar-refractivity contribution >= 4 is 10.9 Å². The largest absolute Gasteiger partial charge is 0.336 e. The summed E-state index contributed by atoms with van der Waals surface area (Å²) in [5.74, 6) is 0.966. The smallest absolute Gasteiger partial charge is 0.146 e. The average Bonchev–Trinajstić information content (AvgIpc) is 3.05. The summed E-state index contributed by atoms with van der Waals surface area (Å²) in [6.45, 7) is 4.83. The minimum atomic E-state index is 0.743. The first-order valence-corrected chi connectivity index (χ1v) is 7.40. The number of hydrogen-bond acceptors (Lipinski definition) is 3. The fourth-order valence-electron chi connectivity index (χ4n) is 2.60. The van der Waals surface area contributed by atoms with E-state index in [0.29, 0.717) is 0 Å². The van der Waals surface area contributed by atoms with E-state index in [1.807, 2.05) is 11.7 Å². The highest BCUT2D eigenvalue weighted by atomic mass is 15.3. The highest BCUT2D eigenvalue weighted by Gasteiger charge is 2.11. The Labute approximate surface area is 124 Å². The second kappa shape index (κ2) is 6.10. The van der Waals surface area contributed by atoms with Crippen molar-refractivity contribution in [3.8, 4) is 0 Å². The molecule has 2 aromatic heterocycles. The number of rotatable bonds is 6. The van der Waals surface area contributed by atoms with E-state index >= 15 is 0 Å². The van der Waals surface area contributed by atoms with Crippen LogP contribution in [0.15, 0.2) is 36.7 Å². The fraction of sp³-hybridized carbons (Fsp3) is 0.375. The Morgan fingerprint density at radius 3 is 2.86 bits per heavy atom. The Kier molecular flexibility index (Phi) is 4.01. The quantitative estimate of drug-likeness (QED) is 0.706. The molecule has 3 aromatic rings. The Balaban J connectivity index is 1.96. The third-order valence-electron chi connectivity index (χ3n) is 3.73. The van der Waals surface area contributed by atoms with Gasteiger partial charge in [-0.1, -0.05) is 25.1 Å². The molecule has 0 fully saturated rings. The van der Waals surface area contributed by atoms with Gasteiger partial charge in [0.1, 0.15) is 12.2 Å². The summed E-state index contributed by atoms with van der Waals surface area (Å²) in [6.07, 6.45) is 2.75. The molecule has 0 unspecified atom stereocenters. The van der Waals surface area contributed by atoms with Crippen LogP contribution in [0.4, 0.5) is 0 Å². The maximum absolute atomic E-state index is 4.35. The van der Waals surface area contributed by atoms with Crippen LogP contribution in [-0.4, -0.2) is 25.9 Å². The number of para-hydroxylation sites is 1. The molecule has 0 aliphatic carbocycles. The average molecular weight is 283 g/mol. The summed E-state index contributed by atoms with van der Waals surface area (Å²) in [5.41, 5.74) is 2.53. The number of fused-ring (bicyclic) bond motifs is 1. The van der Waals surface area contributed by atoms with Crippen LogP contribution in [0.25, 0.3) is 10.9 Å². The van der Waals surface area contributed by atoms with Crippen LogP contribution in [0.3, 0.4) is 0 Å². The van der Waals surface area contributed by atoms with Crippen molar-refractivity contribution in [3.05, 3.63) is 48.2 Å². The fourth-order valence-corrected chi connectivity index (χ4v) is 2.60. The van der Waals surface area contributed by atoms with Gasteiger partial charge in [0.25, 0.3) is 0 Å². The molecular formula is C16H21N5. The van der Waals surface area contributed by atoms with Crippen molar-refractivity contribution in [2.24, 2.45) is 7.05 Å². The SMILES string of the molecule is CCCNCc1cc2ccccc2n1Cc1ncnn1C. The summed E-state index contributed by atoms with van der Waals surface area (Å²) < 4.78 is 4.15. The lowest BCUT2D eigenvalue weighted by Gasteiger charge is -2.11. The van der Waals surface area contributed by atoms with Crippen molar-refractivity contribution < 1.29 is 0 Å². The number of benzene rings is 1. The molecule has 0 atom stereocenters. The number of nitrogens with one attached hydrogen (secondary N) is 1. The molecule has 1 N–H and O–H groups in total. The molecule has 5 nitrogen and oxygen atoms in total. The van der Waals surface area contributed by atoms with Crippen LogP contribution < -0.4 is 5.32 Å². The van der Waals surface area contributed by atoms with Gasteiger partial charge >= 0.3 is 0 Å². The highest BCUT2D eigenvalue weighted by Crippen LogP contribution is 2.20. The minimum absolute atomic E-state index is 0.743. The zero-order chi connectivity index (χ0) is 14.7. The highest BCUT2D eigenvalue weighted by molar-refractivity contribution is 5.81. The van der Waals surface area contributed by atoms with Gasteiger partial charge in [-0.2, -0.15) is 5.10 Å². The molecule has 0 aliphatic rings. The Morgan fingerprint density at radius 1 is 1.24 bits per heavy atom. The van der Waals surface area contributed by atoms with Gasteiger partial charge in [-0.3, -0.25) is 4.68 Å². The second-order valence-corrected chi connectivity index (χ2v) is 5.26. The molecule has 0 radical (unpaired) electrons. The molecule has 3 rings (SSSR count). The summed E-state index contributed by atoms with van der Waals surface area (Å²) in [4.78, 5) is 4.35. The molecule has 0 saturated carbocycles. The molecule has 21 heavy (non-hydrogen) atoms. The van der Waals surface area contributed by atoms with Crippen LogP contribution in [0, 0.1) is 0 Å². The molecular weight excluding hydrogens is 262 g/mol. The summed E-state index contributed by atoms with van der Waals surface area (Å²) in [6, 6.07) is 10.7. The number of aromatic nitrogens is 4. The molecule has 0 bridgehead atoms. The van der Waals surface area contributed by atoms with Gasteiger partial charge in [0.2, 0.25) is 0 Å². The van der Waals surface area contributed by atoms with Crippen LogP contribution in [0.5, 0.6) is 0 Å². The van der Waals surface area contributed by atoms with Gasteiger partial charge in [0, 0.05) is 24.8 Å². The lowest BCUT2D eigenvalue weighted by atomic mass is 10.2. The first-order chi connectivity index (χ1) is 10.3. The predicted octanol–water partition coefficient (Wildman–Crippen LogP) is 2.32. The van der Waals surface area contributed by atoms with Gasteiger partial charge in [-0.05, 0) is 30.5 Å². The van der Waals surface area contributed by atoms with Gasteiger partial charge in [-0.25, -0.2) is 4.98 Å². The first-order valence-electron chi connectivity index (χ1n) is 7.40. The normalized spacial score (nSPS) is 11.3. The maximum Gasteiger partial charge on any atom is 0.146 e.